The first-order valence-electron chi connectivity index (χ1n) is 47.0. The molecule has 0 aromatic rings. The standard InChI is InChI=1S/C91H178O17P2/c1-7-10-12-14-16-18-20-22-24-26-28-29-30-32-34-36-41-45-49-57-63-69-75-90(95)107-86(79-101-88(93)73-67-61-55-48-44-40-35-33-31-27-25-23-21-19-17-15-13-11-8-2)81-105-109(97,98)103-77-85(92)78-104-110(99,100)106-82-87(80-102-89(94)74-68-62-56-52-51-54-60-66-72-84(6)9-3)108-91(96)76-70-64-58-50-46-42-38-37-39-43-47-53-59-65-71-83(4)5/h83-87,92H,7-82H2,1-6H3,(H,97,98)(H,99,100)/t84?,85-,86-,87-/m1/s1. The van der Waals surface area contributed by atoms with Crippen LogP contribution in [0.1, 0.15) is 491 Å². The van der Waals surface area contributed by atoms with Gasteiger partial charge in [0.05, 0.1) is 26.4 Å². The van der Waals surface area contributed by atoms with Crippen LogP contribution < -0.4 is 0 Å². The quantitative estimate of drug-likeness (QED) is 0.0222. The predicted octanol–water partition coefficient (Wildman–Crippen LogP) is 28.2. The van der Waals surface area contributed by atoms with Crippen LogP contribution in [0.4, 0.5) is 0 Å². The second-order valence-corrected chi connectivity index (χ2v) is 36.3. The lowest BCUT2D eigenvalue weighted by Crippen LogP contribution is -2.30. The molecule has 654 valence electrons. The lowest BCUT2D eigenvalue weighted by atomic mass is 9.99. The van der Waals surface area contributed by atoms with Gasteiger partial charge >= 0.3 is 39.5 Å². The molecule has 17 nitrogen and oxygen atoms in total. The highest BCUT2D eigenvalue weighted by Crippen LogP contribution is 2.45. The molecule has 0 aliphatic heterocycles. The Kier molecular flexibility index (Phi) is 80.7. The highest BCUT2D eigenvalue weighted by molar-refractivity contribution is 7.47. The van der Waals surface area contributed by atoms with Gasteiger partial charge in [-0.15, -0.1) is 0 Å². The fraction of sp³-hybridized carbons (Fsp3) is 0.956. The Bertz CT molecular complexity index is 2100. The van der Waals surface area contributed by atoms with Crippen LogP contribution in [0.3, 0.4) is 0 Å². The van der Waals surface area contributed by atoms with Gasteiger partial charge in [-0.05, 0) is 37.5 Å². The maximum atomic E-state index is 13.2. The molecule has 0 spiro atoms. The van der Waals surface area contributed by atoms with Crippen molar-refractivity contribution in [1.82, 2.24) is 0 Å². The minimum absolute atomic E-state index is 0.107. The average molecular weight is 1610 g/mol. The molecule has 0 amide bonds. The van der Waals surface area contributed by atoms with E-state index in [0.717, 1.165) is 102 Å². The zero-order valence-electron chi connectivity index (χ0n) is 72.6. The third kappa shape index (κ3) is 82.6. The topological polar surface area (TPSA) is 237 Å². The van der Waals surface area contributed by atoms with Gasteiger partial charge in [0.1, 0.15) is 19.3 Å². The molecule has 0 heterocycles. The van der Waals surface area contributed by atoms with E-state index in [1.54, 1.807) is 0 Å². The summed E-state index contributed by atoms with van der Waals surface area (Å²) in [4.78, 5) is 73.4. The number of ether oxygens (including phenoxy) is 4. The van der Waals surface area contributed by atoms with E-state index in [2.05, 4.69) is 41.5 Å². The second-order valence-electron chi connectivity index (χ2n) is 33.4. The maximum absolute atomic E-state index is 13.2. The Morgan fingerprint density at radius 3 is 0.691 bits per heavy atom. The van der Waals surface area contributed by atoms with Gasteiger partial charge in [-0.2, -0.15) is 0 Å². The SMILES string of the molecule is CCCCCCCCCCCCCCCCCCCCCCCCC(=O)O[C@H](COC(=O)CCCCCCCCCCCCCCCCCCCCC)COP(=O)(O)OC[C@@H](O)COP(=O)(O)OC[C@@H](COC(=O)CCCCCCCCCCC(C)CC)OC(=O)CCCCCCCCCCCCCCCCC(C)C. The Hall–Kier alpha value is -1.94. The van der Waals surface area contributed by atoms with Crippen LogP contribution in [0.25, 0.3) is 0 Å². The smallest absolute Gasteiger partial charge is 0.462 e. The van der Waals surface area contributed by atoms with Gasteiger partial charge in [0.15, 0.2) is 12.2 Å². The lowest BCUT2D eigenvalue weighted by Gasteiger charge is -2.21. The van der Waals surface area contributed by atoms with E-state index < -0.39 is 97.5 Å². The maximum Gasteiger partial charge on any atom is 0.472 e. The summed E-state index contributed by atoms with van der Waals surface area (Å²) in [6.07, 6.45) is 76.5. The largest absolute Gasteiger partial charge is 0.472 e. The van der Waals surface area contributed by atoms with Crippen molar-refractivity contribution in [2.75, 3.05) is 39.6 Å². The van der Waals surface area contributed by atoms with E-state index in [4.69, 9.17) is 37.0 Å². The minimum atomic E-state index is -4.97. The Labute approximate surface area is 677 Å². The molecule has 0 radical (unpaired) electrons. The van der Waals surface area contributed by atoms with Gasteiger partial charge in [-0.1, -0.05) is 440 Å². The summed E-state index contributed by atoms with van der Waals surface area (Å²) in [6.45, 7) is 9.72. The van der Waals surface area contributed by atoms with Crippen LogP contribution in [0.5, 0.6) is 0 Å². The van der Waals surface area contributed by atoms with Crippen LogP contribution in [0.15, 0.2) is 0 Å². The molecule has 0 bridgehead atoms. The number of esters is 4. The van der Waals surface area contributed by atoms with Gasteiger partial charge in [0.2, 0.25) is 0 Å². The van der Waals surface area contributed by atoms with Gasteiger partial charge in [0.25, 0.3) is 0 Å². The summed E-state index contributed by atoms with van der Waals surface area (Å²) in [5.74, 6) is -0.524. The molecule has 0 fully saturated rings. The van der Waals surface area contributed by atoms with Crippen LogP contribution in [0.2, 0.25) is 0 Å². The van der Waals surface area contributed by atoms with Crippen molar-refractivity contribution in [3.05, 3.63) is 0 Å². The number of carbonyl (C=O) groups excluding carboxylic acids is 4. The first-order chi connectivity index (χ1) is 53.4. The van der Waals surface area contributed by atoms with Crippen molar-refractivity contribution in [2.24, 2.45) is 11.8 Å². The monoisotopic (exact) mass is 1610 g/mol. The lowest BCUT2D eigenvalue weighted by molar-refractivity contribution is -0.161. The number of hydrogen-bond acceptors (Lipinski definition) is 15. The number of phosphoric ester groups is 2. The highest BCUT2D eigenvalue weighted by atomic mass is 31.2. The summed E-state index contributed by atoms with van der Waals surface area (Å²) in [7, 11) is -9.94. The summed E-state index contributed by atoms with van der Waals surface area (Å²) in [6, 6.07) is 0. The van der Waals surface area contributed by atoms with Crippen molar-refractivity contribution >= 4 is 39.5 Å². The van der Waals surface area contributed by atoms with E-state index in [9.17, 15) is 43.2 Å². The highest BCUT2D eigenvalue weighted by Gasteiger charge is 2.31. The fourth-order valence-electron chi connectivity index (χ4n) is 14.3. The van der Waals surface area contributed by atoms with Crippen LogP contribution in [0, 0.1) is 11.8 Å². The number of aliphatic hydroxyl groups excluding tert-OH is 1. The third-order valence-corrected chi connectivity index (χ3v) is 23.7. The molecule has 19 heteroatoms. The number of hydrogen-bond donors (Lipinski definition) is 3. The van der Waals surface area contributed by atoms with E-state index in [1.807, 2.05) is 0 Å². The van der Waals surface area contributed by atoms with Crippen molar-refractivity contribution in [2.45, 2.75) is 509 Å². The van der Waals surface area contributed by atoms with E-state index >= 15 is 0 Å². The minimum Gasteiger partial charge on any atom is -0.462 e. The zero-order chi connectivity index (χ0) is 80.6. The molecular formula is C91H178O17P2. The molecule has 6 atom stereocenters. The van der Waals surface area contributed by atoms with Gasteiger partial charge < -0.3 is 33.8 Å². The first kappa shape index (κ1) is 108. The van der Waals surface area contributed by atoms with Crippen LogP contribution >= 0.6 is 15.6 Å². The molecule has 0 aliphatic rings. The fourth-order valence-corrected chi connectivity index (χ4v) is 15.9. The Balaban J connectivity index is 5.25. The average Bonchev–Trinajstić information content (AvgIpc) is 0.897. The molecule has 0 saturated carbocycles. The normalized spacial score (nSPS) is 14.0. The molecule has 110 heavy (non-hydrogen) atoms. The summed E-state index contributed by atoms with van der Waals surface area (Å²) in [5, 5.41) is 10.7. The number of unbranched alkanes of at least 4 members (excludes halogenated alkanes) is 59. The van der Waals surface area contributed by atoms with E-state index in [1.165, 1.54) is 308 Å². The molecule has 0 rings (SSSR count). The molecule has 0 aromatic heterocycles. The van der Waals surface area contributed by atoms with Crippen molar-refractivity contribution < 1.29 is 80.2 Å². The zero-order valence-corrected chi connectivity index (χ0v) is 74.4. The van der Waals surface area contributed by atoms with E-state index in [0.29, 0.717) is 25.7 Å². The number of carbonyl (C=O) groups is 4. The molecule has 3 unspecified atom stereocenters. The second kappa shape index (κ2) is 82.2. The van der Waals surface area contributed by atoms with Gasteiger partial charge in [-0.25, -0.2) is 9.13 Å². The Morgan fingerprint density at radius 2 is 0.464 bits per heavy atom. The van der Waals surface area contributed by atoms with Crippen LogP contribution in [-0.2, 0) is 65.4 Å². The van der Waals surface area contributed by atoms with E-state index in [-0.39, 0.29) is 25.7 Å². The number of rotatable bonds is 90. The molecule has 0 saturated heterocycles. The van der Waals surface area contributed by atoms with Gasteiger partial charge in [-0.3, -0.25) is 37.3 Å². The Morgan fingerprint density at radius 1 is 0.264 bits per heavy atom. The number of aliphatic hydroxyl groups is 1. The molecule has 3 N–H and O–H groups in total. The number of phosphoric acid groups is 2. The van der Waals surface area contributed by atoms with Crippen LogP contribution in [-0.4, -0.2) is 96.7 Å². The molecule has 0 aromatic carbocycles. The summed E-state index contributed by atoms with van der Waals surface area (Å²) < 4.78 is 69.1. The van der Waals surface area contributed by atoms with Crippen molar-refractivity contribution in [3.8, 4) is 0 Å². The third-order valence-electron chi connectivity index (χ3n) is 21.8. The summed E-state index contributed by atoms with van der Waals surface area (Å²) >= 11 is 0. The molecule has 0 aliphatic carbocycles. The summed E-state index contributed by atoms with van der Waals surface area (Å²) in [5.41, 5.74) is 0. The van der Waals surface area contributed by atoms with Crippen molar-refractivity contribution in [3.63, 3.8) is 0 Å². The first-order valence-corrected chi connectivity index (χ1v) is 50.0. The molecular weight excluding hydrogens is 1430 g/mol. The van der Waals surface area contributed by atoms with Gasteiger partial charge in [0, 0.05) is 25.7 Å². The predicted molar refractivity (Wildman–Crippen MR) is 455 cm³/mol. The van der Waals surface area contributed by atoms with Crippen molar-refractivity contribution in [1.29, 1.82) is 0 Å².